The van der Waals surface area contributed by atoms with Gasteiger partial charge in [0.25, 0.3) is 5.91 Å². The minimum atomic E-state index is -0.327. The Hall–Kier alpha value is -3.79. The summed E-state index contributed by atoms with van der Waals surface area (Å²) in [6.07, 6.45) is 7.36. The Balaban J connectivity index is 1.75. The first-order chi connectivity index (χ1) is 14.6. The Kier molecular flexibility index (Phi) is 6.71. The van der Waals surface area contributed by atoms with Gasteiger partial charge in [-0.05, 0) is 48.4 Å². The quantitative estimate of drug-likeness (QED) is 0.581. The lowest BCUT2D eigenvalue weighted by Crippen LogP contribution is -2.23. The molecule has 0 atom stereocenters. The number of ether oxygens (including phenoxy) is 2. The largest absolute Gasteiger partial charge is 0.493 e. The van der Waals surface area contributed by atoms with Crippen LogP contribution in [0.25, 0.3) is 5.69 Å². The summed E-state index contributed by atoms with van der Waals surface area (Å²) >= 11 is 0. The first-order valence-corrected chi connectivity index (χ1v) is 9.41. The minimum Gasteiger partial charge on any atom is -0.493 e. The van der Waals surface area contributed by atoms with Crippen LogP contribution in [0, 0.1) is 18.2 Å². The van der Waals surface area contributed by atoms with Gasteiger partial charge in [0, 0.05) is 6.54 Å². The lowest BCUT2D eigenvalue weighted by atomic mass is 10.1. The predicted octanol–water partition coefficient (Wildman–Crippen LogP) is 3.52. The standard InChI is InChI=1S/C23H22FN3O3/c1-4-12-30-22-13-16(6-11-21(22)29-3)14-25-23(28)19-15-26-27(20(19)5-2)18-9-7-17(24)8-10-18/h1,6-11,13,15H,5,12,14H2,2-3H3,(H,25,28). The van der Waals surface area contributed by atoms with E-state index in [4.69, 9.17) is 15.9 Å². The van der Waals surface area contributed by atoms with Gasteiger partial charge in [0.2, 0.25) is 0 Å². The van der Waals surface area contributed by atoms with Gasteiger partial charge in [0.15, 0.2) is 11.5 Å². The zero-order valence-corrected chi connectivity index (χ0v) is 16.8. The lowest BCUT2D eigenvalue weighted by molar-refractivity contribution is 0.0950. The highest BCUT2D eigenvalue weighted by molar-refractivity contribution is 5.95. The summed E-state index contributed by atoms with van der Waals surface area (Å²) in [6.45, 7) is 2.35. The predicted molar refractivity (Wildman–Crippen MR) is 111 cm³/mol. The Morgan fingerprint density at radius 2 is 2.00 bits per heavy atom. The van der Waals surface area contributed by atoms with E-state index in [9.17, 15) is 9.18 Å². The molecule has 1 N–H and O–H groups in total. The van der Waals surface area contributed by atoms with Crippen molar-refractivity contribution in [1.82, 2.24) is 15.1 Å². The second-order valence-corrected chi connectivity index (χ2v) is 6.41. The first-order valence-electron chi connectivity index (χ1n) is 9.41. The molecule has 0 spiro atoms. The van der Waals surface area contributed by atoms with E-state index in [2.05, 4.69) is 16.3 Å². The second kappa shape index (κ2) is 9.61. The van der Waals surface area contributed by atoms with Crippen LogP contribution in [0.4, 0.5) is 4.39 Å². The number of carbonyl (C=O) groups excluding carboxylic acids is 1. The monoisotopic (exact) mass is 407 g/mol. The smallest absolute Gasteiger partial charge is 0.255 e. The molecule has 7 heteroatoms. The van der Waals surface area contributed by atoms with Gasteiger partial charge in [-0.15, -0.1) is 6.42 Å². The third-order valence-electron chi connectivity index (χ3n) is 4.51. The lowest BCUT2D eigenvalue weighted by Gasteiger charge is -2.12. The first kappa shape index (κ1) is 20.9. The molecule has 30 heavy (non-hydrogen) atoms. The van der Waals surface area contributed by atoms with Gasteiger partial charge in [-0.2, -0.15) is 5.10 Å². The normalized spacial score (nSPS) is 10.3. The van der Waals surface area contributed by atoms with Crippen molar-refractivity contribution in [3.63, 3.8) is 0 Å². The number of nitrogens with one attached hydrogen (secondary N) is 1. The maximum absolute atomic E-state index is 13.2. The molecular formula is C23H22FN3O3. The molecule has 0 aliphatic heterocycles. The van der Waals surface area contributed by atoms with E-state index in [-0.39, 0.29) is 18.3 Å². The number of halogens is 1. The summed E-state index contributed by atoms with van der Waals surface area (Å²) in [5, 5.41) is 7.21. The molecule has 0 fully saturated rings. The summed E-state index contributed by atoms with van der Waals surface area (Å²) in [7, 11) is 1.55. The van der Waals surface area contributed by atoms with E-state index in [0.717, 1.165) is 11.3 Å². The number of hydrogen-bond acceptors (Lipinski definition) is 4. The molecule has 6 nitrogen and oxygen atoms in total. The van der Waals surface area contributed by atoms with E-state index < -0.39 is 0 Å². The van der Waals surface area contributed by atoms with Crippen molar-refractivity contribution in [3.05, 3.63) is 71.3 Å². The number of methoxy groups -OCH3 is 1. The van der Waals surface area contributed by atoms with Crippen molar-refractivity contribution >= 4 is 5.91 Å². The Labute approximate surface area is 174 Å². The van der Waals surface area contributed by atoms with Crippen molar-refractivity contribution in [1.29, 1.82) is 0 Å². The number of terminal acetylenes is 1. The summed E-state index contributed by atoms with van der Waals surface area (Å²) < 4.78 is 25.6. The highest BCUT2D eigenvalue weighted by Gasteiger charge is 2.17. The molecule has 0 aliphatic carbocycles. The van der Waals surface area contributed by atoms with E-state index in [1.54, 1.807) is 36.1 Å². The molecule has 3 rings (SSSR count). The zero-order chi connectivity index (χ0) is 21.5. The van der Waals surface area contributed by atoms with Gasteiger partial charge in [-0.1, -0.05) is 18.9 Å². The summed E-state index contributed by atoms with van der Waals surface area (Å²) in [6, 6.07) is 11.3. The molecule has 1 aromatic heterocycles. The molecule has 154 valence electrons. The number of rotatable bonds is 8. The average molecular weight is 407 g/mol. The average Bonchev–Trinajstić information content (AvgIpc) is 3.20. The van der Waals surface area contributed by atoms with E-state index in [0.29, 0.717) is 35.7 Å². The van der Waals surface area contributed by atoms with Crippen molar-refractivity contribution in [2.24, 2.45) is 0 Å². The maximum Gasteiger partial charge on any atom is 0.255 e. The van der Waals surface area contributed by atoms with Crippen molar-refractivity contribution in [3.8, 4) is 29.5 Å². The van der Waals surface area contributed by atoms with Crippen LogP contribution in [0.2, 0.25) is 0 Å². The molecule has 0 radical (unpaired) electrons. The molecule has 0 unspecified atom stereocenters. The summed E-state index contributed by atoms with van der Waals surface area (Å²) in [4.78, 5) is 12.8. The van der Waals surface area contributed by atoms with Gasteiger partial charge in [0.05, 0.1) is 30.3 Å². The van der Waals surface area contributed by atoms with E-state index in [1.165, 1.54) is 18.3 Å². The number of nitrogens with zero attached hydrogens (tertiary/aromatic N) is 2. The Morgan fingerprint density at radius 1 is 1.23 bits per heavy atom. The fourth-order valence-electron chi connectivity index (χ4n) is 3.05. The SMILES string of the molecule is C#CCOc1cc(CNC(=O)c2cnn(-c3ccc(F)cc3)c2CC)ccc1OC. The van der Waals surface area contributed by atoms with Gasteiger partial charge < -0.3 is 14.8 Å². The van der Waals surface area contributed by atoms with Crippen LogP contribution < -0.4 is 14.8 Å². The fourth-order valence-corrected chi connectivity index (χ4v) is 3.05. The van der Waals surface area contributed by atoms with Crippen molar-refractivity contribution in [2.75, 3.05) is 13.7 Å². The van der Waals surface area contributed by atoms with Crippen LogP contribution in [0.5, 0.6) is 11.5 Å². The van der Waals surface area contributed by atoms with Crippen molar-refractivity contribution < 1.29 is 18.7 Å². The Bertz CT molecular complexity index is 1070. The van der Waals surface area contributed by atoms with Gasteiger partial charge in [-0.3, -0.25) is 4.79 Å². The van der Waals surface area contributed by atoms with Crippen molar-refractivity contribution in [2.45, 2.75) is 19.9 Å². The van der Waals surface area contributed by atoms with Crippen LogP contribution in [0.1, 0.15) is 28.5 Å². The van der Waals surface area contributed by atoms with Crippen LogP contribution >= 0.6 is 0 Å². The molecule has 1 amide bonds. The number of amides is 1. The number of hydrogen-bond donors (Lipinski definition) is 1. The molecule has 0 bridgehead atoms. The topological polar surface area (TPSA) is 65.4 Å². The zero-order valence-electron chi connectivity index (χ0n) is 16.8. The minimum absolute atomic E-state index is 0.120. The number of carbonyl (C=O) groups is 1. The van der Waals surface area contributed by atoms with Crippen LogP contribution in [-0.4, -0.2) is 29.4 Å². The third kappa shape index (κ3) is 4.61. The summed E-state index contributed by atoms with van der Waals surface area (Å²) in [5.41, 5.74) is 2.74. The molecule has 1 heterocycles. The maximum atomic E-state index is 13.2. The molecular weight excluding hydrogens is 385 g/mol. The summed E-state index contributed by atoms with van der Waals surface area (Å²) in [5.74, 6) is 2.92. The Morgan fingerprint density at radius 3 is 2.67 bits per heavy atom. The number of benzene rings is 2. The molecule has 0 aliphatic rings. The fraction of sp³-hybridized carbons (Fsp3) is 0.217. The number of aromatic nitrogens is 2. The highest BCUT2D eigenvalue weighted by Crippen LogP contribution is 2.28. The highest BCUT2D eigenvalue weighted by atomic mass is 19.1. The second-order valence-electron chi connectivity index (χ2n) is 6.41. The molecule has 0 saturated heterocycles. The van der Waals surface area contributed by atoms with Crippen LogP contribution in [-0.2, 0) is 13.0 Å². The van der Waals surface area contributed by atoms with Gasteiger partial charge in [0.1, 0.15) is 12.4 Å². The molecule has 2 aromatic carbocycles. The molecule has 0 saturated carbocycles. The van der Waals surface area contributed by atoms with E-state index >= 15 is 0 Å². The van der Waals surface area contributed by atoms with Crippen LogP contribution in [0.3, 0.4) is 0 Å². The van der Waals surface area contributed by atoms with Gasteiger partial charge >= 0.3 is 0 Å². The van der Waals surface area contributed by atoms with Gasteiger partial charge in [-0.25, -0.2) is 9.07 Å². The third-order valence-corrected chi connectivity index (χ3v) is 4.51. The molecule has 3 aromatic rings. The van der Waals surface area contributed by atoms with E-state index in [1.807, 2.05) is 13.0 Å². The van der Waals surface area contributed by atoms with Crippen LogP contribution in [0.15, 0.2) is 48.7 Å².